The summed E-state index contributed by atoms with van der Waals surface area (Å²) in [4.78, 5) is 11.7. The minimum atomic E-state index is -0.261. The normalized spacial score (nSPS) is 18.8. The van der Waals surface area contributed by atoms with Gasteiger partial charge in [-0.1, -0.05) is 23.8 Å². The predicted octanol–water partition coefficient (Wildman–Crippen LogP) is 2.40. The lowest BCUT2D eigenvalue weighted by Crippen LogP contribution is -2.23. The quantitative estimate of drug-likeness (QED) is 0.590. The molecule has 0 unspecified atom stereocenters. The van der Waals surface area contributed by atoms with Crippen molar-refractivity contribution in [2.24, 2.45) is 0 Å². The number of fused-ring (bicyclic) bond motifs is 1. The molecule has 0 fully saturated rings. The third-order valence-corrected chi connectivity index (χ3v) is 2.98. The molecule has 1 aliphatic carbocycles. The summed E-state index contributed by atoms with van der Waals surface area (Å²) in [7, 11) is 0. The van der Waals surface area contributed by atoms with E-state index in [-0.39, 0.29) is 5.41 Å². The molecule has 13 heavy (non-hydrogen) atoms. The predicted molar refractivity (Wildman–Crippen MR) is 52.9 cm³/mol. The summed E-state index contributed by atoms with van der Waals surface area (Å²) in [6.07, 6.45) is 0.615. The first kappa shape index (κ1) is 8.49. The Morgan fingerprint density at radius 1 is 1.31 bits per heavy atom. The van der Waals surface area contributed by atoms with Gasteiger partial charge >= 0.3 is 0 Å². The SMILES string of the molecule is Cc1ccc2c(c1)CC(=O)C2(C)C. The average molecular weight is 174 g/mol. The van der Waals surface area contributed by atoms with Crippen LogP contribution >= 0.6 is 0 Å². The molecule has 0 amide bonds. The van der Waals surface area contributed by atoms with Crippen LogP contribution in [0.15, 0.2) is 18.2 Å². The molecule has 0 spiro atoms. The Kier molecular flexibility index (Phi) is 1.59. The average Bonchev–Trinajstić information content (AvgIpc) is 2.23. The molecule has 2 rings (SSSR count). The van der Waals surface area contributed by atoms with E-state index in [0.717, 1.165) is 0 Å². The van der Waals surface area contributed by atoms with E-state index in [9.17, 15) is 4.79 Å². The molecule has 68 valence electrons. The first-order valence-electron chi connectivity index (χ1n) is 4.65. The second kappa shape index (κ2) is 2.44. The molecular weight excluding hydrogens is 160 g/mol. The Labute approximate surface area is 78.8 Å². The van der Waals surface area contributed by atoms with Crippen LogP contribution in [0.25, 0.3) is 0 Å². The maximum absolute atomic E-state index is 11.7. The molecular formula is C12H14O. The summed E-state index contributed by atoms with van der Waals surface area (Å²) >= 11 is 0. The maximum atomic E-state index is 11.7. The summed E-state index contributed by atoms with van der Waals surface area (Å²) in [5, 5.41) is 0. The van der Waals surface area contributed by atoms with Crippen molar-refractivity contribution in [2.75, 3.05) is 0 Å². The van der Waals surface area contributed by atoms with Crippen molar-refractivity contribution in [1.82, 2.24) is 0 Å². The number of rotatable bonds is 0. The van der Waals surface area contributed by atoms with E-state index >= 15 is 0 Å². The smallest absolute Gasteiger partial charge is 0.147 e. The van der Waals surface area contributed by atoms with Gasteiger partial charge in [-0.15, -0.1) is 0 Å². The van der Waals surface area contributed by atoms with E-state index < -0.39 is 0 Å². The summed E-state index contributed by atoms with van der Waals surface area (Å²) < 4.78 is 0. The van der Waals surface area contributed by atoms with Gasteiger partial charge in [0, 0.05) is 11.8 Å². The Hall–Kier alpha value is -1.11. The highest BCUT2D eigenvalue weighted by Gasteiger charge is 2.37. The van der Waals surface area contributed by atoms with Gasteiger partial charge < -0.3 is 0 Å². The first-order valence-corrected chi connectivity index (χ1v) is 4.65. The Balaban J connectivity index is 2.62. The molecule has 0 heterocycles. The molecule has 0 N–H and O–H groups in total. The van der Waals surface area contributed by atoms with Crippen LogP contribution in [0.5, 0.6) is 0 Å². The third-order valence-electron chi connectivity index (χ3n) is 2.98. The molecule has 1 nitrogen and oxygen atoms in total. The van der Waals surface area contributed by atoms with E-state index in [2.05, 4.69) is 25.1 Å². The lowest BCUT2D eigenvalue weighted by molar-refractivity contribution is -0.121. The number of carbonyl (C=O) groups is 1. The molecule has 0 aliphatic heterocycles. The number of aryl methyl sites for hydroxylation is 1. The van der Waals surface area contributed by atoms with Crippen molar-refractivity contribution in [3.05, 3.63) is 34.9 Å². The van der Waals surface area contributed by atoms with Gasteiger partial charge in [-0.05, 0) is 31.9 Å². The van der Waals surface area contributed by atoms with Gasteiger partial charge in [-0.3, -0.25) is 4.79 Å². The van der Waals surface area contributed by atoms with E-state index in [0.29, 0.717) is 12.2 Å². The van der Waals surface area contributed by atoms with Gasteiger partial charge in [0.05, 0.1) is 0 Å². The zero-order valence-corrected chi connectivity index (χ0v) is 8.35. The minimum Gasteiger partial charge on any atom is -0.298 e. The lowest BCUT2D eigenvalue weighted by Gasteiger charge is -2.16. The van der Waals surface area contributed by atoms with Crippen LogP contribution < -0.4 is 0 Å². The van der Waals surface area contributed by atoms with Crippen LogP contribution in [0.4, 0.5) is 0 Å². The number of Topliss-reactive ketones (excluding diaryl/α,β-unsaturated/α-hetero) is 1. The molecule has 1 heteroatoms. The number of hydrogen-bond donors (Lipinski definition) is 0. The second-order valence-corrected chi connectivity index (χ2v) is 4.39. The fraction of sp³-hybridized carbons (Fsp3) is 0.417. The zero-order chi connectivity index (χ0) is 9.64. The maximum Gasteiger partial charge on any atom is 0.147 e. The van der Waals surface area contributed by atoms with Crippen LogP contribution in [-0.4, -0.2) is 5.78 Å². The van der Waals surface area contributed by atoms with Gasteiger partial charge in [0.25, 0.3) is 0 Å². The second-order valence-electron chi connectivity index (χ2n) is 4.39. The summed E-state index contributed by atoms with van der Waals surface area (Å²) in [5.74, 6) is 0.341. The number of hydrogen-bond acceptors (Lipinski definition) is 1. The topological polar surface area (TPSA) is 17.1 Å². The standard InChI is InChI=1S/C12H14O/c1-8-4-5-10-9(6-8)7-11(13)12(10,2)3/h4-6H,7H2,1-3H3. The van der Waals surface area contributed by atoms with Crippen LogP contribution in [0.2, 0.25) is 0 Å². The van der Waals surface area contributed by atoms with Crippen molar-refractivity contribution in [3.8, 4) is 0 Å². The van der Waals surface area contributed by atoms with Gasteiger partial charge in [-0.2, -0.15) is 0 Å². The van der Waals surface area contributed by atoms with Gasteiger partial charge in [0.1, 0.15) is 5.78 Å². The molecule has 1 aromatic rings. The van der Waals surface area contributed by atoms with Gasteiger partial charge in [0.2, 0.25) is 0 Å². The molecule has 0 radical (unpaired) electrons. The Morgan fingerprint density at radius 2 is 2.00 bits per heavy atom. The Bertz CT molecular complexity index is 375. The molecule has 0 saturated heterocycles. The number of carbonyl (C=O) groups excluding carboxylic acids is 1. The fourth-order valence-corrected chi connectivity index (χ4v) is 2.02. The van der Waals surface area contributed by atoms with E-state index in [1.807, 2.05) is 13.8 Å². The summed E-state index contributed by atoms with van der Waals surface area (Å²) in [6.45, 7) is 6.09. The van der Waals surface area contributed by atoms with Crippen LogP contribution in [-0.2, 0) is 16.6 Å². The molecule has 0 saturated carbocycles. The highest BCUT2D eigenvalue weighted by Crippen LogP contribution is 2.35. The lowest BCUT2D eigenvalue weighted by atomic mass is 9.85. The molecule has 0 bridgehead atoms. The van der Waals surface area contributed by atoms with Crippen molar-refractivity contribution >= 4 is 5.78 Å². The van der Waals surface area contributed by atoms with Gasteiger partial charge in [0.15, 0.2) is 0 Å². The fourth-order valence-electron chi connectivity index (χ4n) is 2.02. The molecule has 1 aliphatic rings. The monoisotopic (exact) mass is 174 g/mol. The zero-order valence-electron chi connectivity index (χ0n) is 8.35. The van der Waals surface area contributed by atoms with Crippen LogP contribution in [0.1, 0.15) is 30.5 Å². The number of ketones is 1. The summed E-state index contributed by atoms with van der Waals surface area (Å²) in [6, 6.07) is 6.30. The van der Waals surface area contributed by atoms with Gasteiger partial charge in [-0.25, -0.2) is 0 Å². The van der Waals surface area contributed by atoms with Crippen molar-refractivity contribution in [2.45, 2.75) is 32.6 Å². The molecule has 0 atom stereocenters. The largest absolute Gasteiger partial charge is 0.298 e. The van der Waals surface area contributed by atoms with E-state index in [1.54, 1.807) is 0 Å². The molecule has 1 aromatic carbocycles. The Morgan fingerprint density at radius 3 is 2.69 bits per heavy atom. The van der Waals surface area contributed by atoms with E-state index in [1.165, 1.54) is 16.7 Å². The minimum absolute atomic E-state index is 0.261. The third kappa shape index (κ3) is 1.11. The van der Waals surface area contributed by atoms with Crippen LogP contribution in [0, 0.1) is 6.92 Å². The van der Waals surface area contributed by atoms with Crippen molar-refractivity contribution < 1.29 is 4.79 Å². The summed E-state index contributed by atoms with van der Waals surface area (Å²) in [5.41, 5.74) is 3.41. The number of benzene rings is 1. The highest BCUT2D eigenvalue weighted by atomic mass is 16.1. The highest BCUT2D eigenvalue weighted by molar-refractivity contribution is 5.95. The van der Waals surface area contributed by atoms with E-state index in [4.69, 9.17) is 0 Å². The van der Waals surface area contributed by atoms with Crippen molar-refractivity contribution in [1.29, 1.82) is 0 Å². The van der Waals surface area contributed by atoms with Crippen molar-refractivity contribution in [3.63, 3.8) is 0 Å². The molecule has 0 aromatic heterocycles. The van der Waals surface area contributed by atoms with Crippen LogP contribution in [0.3, 0.4) is 0 Å². The first-order chi connectivity index (χ1) is 6.01.